The van der Waals surface area contributed by atoms with Crippen LogP contribution < -0.4 is 11.1 Å². The highest BCUT2D eigenvalue weighted by Gasteiger charge is 2.32. The minimum Gasteiger partial charge on any atom is -0.390 e. The van der Waals surface area contributed by atoms with Crippen LogP contribution in [0.3, 0.4) is 0 Å². The molecule has 18 heavy (non-hydrogen) atoms. The van der Waals surface area contributed by atoms with Crippen LogP contribution in [0.4, 0.5) is 0 Å². The van der Waals surface area contributed by atoms with E-state index in [-0.39, 0.29) is 11.9 Å². The first kappa shape index (κ1) is 13.1. The molecule has 0 bridgehead atoms. The molecule has 0 saturated heterocycles. The highest BCUT2D eigenvalue weighted by atomic mass is 16.3. The Balaban J connectivity index is 2.08. The van der Waals surface area contributed by atoms with Gasteiger partial charge >= 0.3 is 0 Å². The Kier molecular flexibility index (Phi) is 3.99. The van der Waals surface area contributed by atoms with Gasteiger partial charge in [-0.3, -0.25) is 4.79 Å². The number of nitrogens with one attached hydrogen (secondary N) is 1. The highest BCUT2D eigenvalue weighted by Crippen LogP contribution is 2.31. The Morgan fingerprint density at radius 3 is 3.00 bits per heavy atom. The average molecular weight is 248 g/mol. The van der Waals surface area contributed by atoms with Crippen molar-refractivity contribution in [3.8, 4) is 0 Å². The number of carbonyl (C=O) groups is 1. The van der Waals surface area contributed by atoms with Gasteiger partial charge in [0.1, 0.15) is 0 Å². The molecule has 4 nitrogen and oxygen atoms in total. The lowest BCUT2D eigenvalue weighted by Crippen LogP contribution is -2.44. The Morgan fingerprint density at radius 1 is 1.56 bits per heavy atom. The number of hydrogen-bond acceptors (Lipinski definition) is 3. The second kappa shape index (κ2) is 5.50. The van der Waals surface area contributed by atoms with E-state index in [1.165, 1.54) is 0 Å². The zero-order valence-corrected chi connectivity index (χ0v) is 10.6. The number of fused-ring (bicyclic) bond motifs is 1. The third-order valence-electron chi connectivity index (χ3n) is 3.44. The molecule has 4 heteroatoms. The molecule has 1 unspecified atom stereocenters. The van der Waals surface area contributed by atoms with Gasteiger partial charge in [-0.1, -0.05) is 37.6 Å². The molecule has 1 aromatic rings. The summed E-state index contributed by atoms with van der Waals surface area (Å²) in [5.74, 6) is -0.183. The van der Waals surface area contributed by atoms with Crippen molar-refractivity contribution in [2.24, 2.45) is 5.73 Å². The minimum atomic E-state index is -0.555. The normalized spacial score (nSPS) is 23.5. The van der Waals surface area contributed by atoms with Crippen molar-refractivity contribution >= 4 is 5.91 Å². The number of carbonyl (C=O) groups excluding carboxylic acids is 1. The molecule has 0 aliphatic heterocycles. The van der Waals surface area contributed by atoms with Crippen LogP contribution in [0.25, 0.3) is 0 Å². The number of amides is 1. The quantitative estimate of drug-likeness (QED) is 0.740. The van der Waals surface area contributed by atoms with Gasteiger partial charge in [-0.25, -0.2) is 0 Å². The summed E-state index contributed by atoms with van der Waals surface area (Å²) in [4.78, 5) is 11.9. The fourth-order valence-electron chi connectivity index (χ4n) is 2.45. The van der Waals surface area contributed by atoms with Crippen LogP contribution in [0.2, 0.25) is 0 Å². The van der Waals surface area contributed by atoms with Gasteiger partial charge in [0.25, 0.3) is 0 Å². The first-order valence-electron chi connectivity index (χ1n) is 6.45. The van der Waals surface area contributed by atoms with Gasteiger partial charge < -0.3 is 16.2 Å². The molecule has 0 spiro atoms. The summed E-state index contributed by atoms with van der Waals surface area (Å²) in [6, 6.07) is 6.98. The molecule has 98 valence electrons. The molecule has 0 radical (unpaired) electrons. The summed E-state index contributed by atoms with van der Waals surface area (Å²) in [6.45, 7) is 1.99. The summed E-state index contributed by atoms with van der Waals surface area (Å²) < 4.78 is 0. The van der Waals surface area contributed by atoms with Gasteiger partial charge in [0.2, 0.25) is 5.91 Å². The maximum Gasteiger partial charge on any atom is 0.237 e. The van der Waals surface area contributed by atoms with E-state index < -0.39 is 12.1 Å². The molecule has 3 atom stereocenters. The Hall–Kier alpha value is -1.39. The molecule has 1 amide bonds. The van der Waals surface area contributed by atoms with Crippen LogP contribution in [-0.4, -0.2) is 23.2 Å². The zero-order chi connectivity index (χ0) is 13.1. The van der Waals surface area contributed by atoms with Crippen LogP contribution >= 0.6 is 0 Å². The van der Waals surface area contributed by atoms with Crippen LogP contribution in [-0.2, 0) is 11.2 Å². The molecular weight excluding hydrogens is 228 g/mol. The maximum atomic E-state index is 11.9. The van der Waals surface area contributed by atoms with Gasteiger partial charge in [0, 0.05) is 6.42 Å². The molecule has 4 N–H and O–H groups in total. The minimum absolute atomic E-state index is 0.183. The van der Waals surface area contributed by atoms with Gasteiger partial charge in [0.15, 0.2) is 0 Å². The van der Waals surface area contributed by atoms with Gasteiger partial charge in [-0.2, -0.15) is 0 Å². The Labute approximate surface area is 107 Å². The Bertz CT molecular complexity index is 434. The number of nitrogens with two attached hydrogens (primary N) is 1. The van der Waals surface area contributed by atoms with Crippen LogP contribution in [0.15, 0.2) is 24.3 Å². The summed E-state index contributed by atoms with van der Waals surface area (Å²) in [5, 5.41) is 12.9. The molecule has 2 rings (SSSR count). The van der Waals surface area contributed by atoms with E-state index in [2.05, 4.69) is 5.32 Å². The predicted octanol–water partition coefficient (Wildman–Crippen LogP) is 0.888. The summed E-state index contributed by atoms with van der Waals surface area (Å²) in [6.07, 6.45) is 1.57. The largest absolute Gasteiger partial charge is 0.390 e. The summed E-state index contributed by atoms with van der Waals surface area (Å²) in [5.41, 5.74) is 7.88. The van der Waals surface area contributed by atoms with Crippen molar-refractivity contribution in [2.45, 2.75) is 44.4 Å². The van der Waals surface area contributed by atoms with Crippen molar-refractivity contribution in [3.63, 3.8) is 0 Å². The highest BCUT2D eigenvalue weighted by molar-refractivity contribution is 5.82. The lowest BCUT2D eigenvalue weighted by atomic mass is 10.1. The molecule has 1 aromatic carbocycles. The van der Waals surface area contributed by atoms with Crippen molar-refractivity contribution in [1.29, 1.82) is 0 Å². The van der Waals surface area contributed by atoms with Crippen molar-refractivity contribution in [2.75, 3.05) is 0 Å². The van der Waals surface area contributed by atoms with E-state index in [0.717, 1.165) is 17.5 Å². The van der Waals surface area contributed by atoms with E-state index in [4.69, 9.17) is 5.73 Å². The van der Waals surface area contributed by atoms with Crippen LogP contribution in [0.5, 0.6) is 0 Å². The van der Waals surface area contributed by atoms with E-state index in [0.29, 0.717) is 12.8 Å². The first-order valence-corrected chi connectivity index (χ1v) is 6.45. The Morgan fingerprint density at radius 2 is 2.28 bits per heavy atom. The molecule has 0 saturated carbocycles. The molecule has 0 aromatic heterocycles. The maximum absolute atomic E-state index is 11.9. The lowest BCUT2D eigenvalue weighted by Gasteiger charge is -2.20. The number of aliphatic hydroxyl groups is 1. The van der Waals surface area contributed by atoms with E-state index in [1.54, 1.807) is 0 Å². The van der Waals surface area contributed by atoms with Crippen molar-refractivity contribution in [3.05, 3.63) is 35.4 Å². The molecule has 0 fully saturated rings. The van der Waals surface area contributed by atoms with Gasteiger partial charge in [-0.05, 0) is 17.5 Å². The van der Waals surface area contributed by atoms with Crippen molar-refractivity contribution < 1.29 is 9.90 Å². The first-order chi connectivity index (χ1) is 8.63. The monoisotopic (exact) mass is 248 g/mol. The third-order valence-corrected chi connectivity index (χ3v) is 3.44. The van der Waals surface area contributed by atoms with E-state index >= 15 is 0 Å². The van der Waals surface area contributed by atoms with Gasteiger partial charge in [0.05, 0.1) is 18.2 Å². The second-order valence-electron chi connectivity index (χ2n) is 4.85. The number of hydrogen-bond donors (Lipinski definition) is 3. The van der Waals surface area contributed by atoms with E-state index in [1.807, 2.05) is 31.2 Å². The zero-order valence-electron chi connectivity index (χ0n) is 10.6. The smallest absolute Gasteiger partial charge is 0.237 e. The number of rotatable bonds is 4. The SMILES string of the molecule is CCCC(N)C(=O)N[C@H]1c2ccccc2C[C@H]1O. The van der Waals surface area contributed by atoms with Gasteiger partial charge in [-0.15, -0.1) is 0 Å². The topological polar surface area (TPSA) is 75.4 Å². The number of benzene rings is 1. The fraction of sp³-hybridized carbons (Fsp3) is 0.500. The molecular formula is C14H20N2O2. The van der Waals surface area contributed by atoms with Crippen LogP contribution in [0.1, 0.15) is 36.9 Å². The predicted molar refractivity (Wildman–Crippen MR) is 69.9 cm³/mol. The standard InChI is InChI=1S/C14H20N2O2/c1-2-5-11(15)14(18)16-13-10-7-4-3-6-9(10)8-12(13)17/h3-4,6-7,11-13,17H,2,5,8,15H2,1H3,(H,16,18)/t11?,12-,13+/m1/s1. The molecule has 1 aliphatic rings. The molecule has 1 aliphatic carbocycles. The van der Waals surface area contributed by atoms with E-state index in [9.17, 15) is 9.90 Å². The number of aliphatic hydroxyl groups excluding tert-OH is 1. The summed E-state index contributed by atoms with van der Waals surface area (Å²) in [7, 11) is 0. The van der Waals surface area contributed by atoms with Crippen molar-refractivity contribution in [1.82, 2.24) is 5.32 Å². The summed E-state index contributed by atoms with van der Waals surface area (Å²) >= 11 is 0. The second-order valence-corrected chi connectivity index (χ2v) is 4.85. The molecule has 0 heterocycles. The lowest BCUT2D eigenvalue weighted by molar-refractivity contribution is -0.124. The average Bonchev–Trinajstić information content (AvgIpc) is 2.66. The fourth-order valence-corrected chi connectivity index (χ4v) is 2.45. The van der Waals surface area contributed by atoms with Crippen LogP contribution in [0, 0.1) is 0 Å². The third kappa shape index (κ3) is 2.54.